The Morgan fingerprint density at radius 3 is 2.58 bits per heavy atom. The van der Waals surface area contributed by atoms with Gasteiger partial charge in [-0.1, -0.05) is 0 Å². The highest BCUT2D eigenvalue weighted by atomic mass is 16.5. The molecule has 2 aromatic rings. The molecule has 0 aromatic carbocycles. The third-order valence-electron chi connectivity index (χ3n) is 5.40. The monoisotopic (exact) mass is 357 g/mol. The van der Waals surface area contributed by atoms with Crippen molar-refractivity contribution >= 4 is 5.95 Å². The van der Waals surface area contributed by atoms with Gasteiger partial charge in [0, 0.05) is 76.7 Å². The van der Waals surface area contributed by atoms with Crippen LogP contribution in [0.2, 0.25) is 0 Å². The van der Waals surface area contributed by atoms with Crippen LogP contribution in [-0.4, -0.2) is 82.7 Å². The summed E-state index contributed by atoms with van der Waals surface area (Å²) in [5.41, 5.74) is 1.12. The minimum absolute atomic E-state index is 0.232. The number of methoxy groups -OCH3 is 1. The molecule has 0 spiro atoms. The fourth-order valence-electron chi connectivity index (χ4n) is 3.79. The molecule has 2 aliphatic heterocycles. The van der Waals surface area contributed by atoms with Gasteiger partial charge in [-0.05, 0) is 13.5 Å². The minimum atomic E-state index is 0.232. The summed E-state index contributed by atoms with van der Waals surface area (Å²) in [5.74, 6) is 1.83. The van der Waals surface area contributed by atoms with E-state index in [9.17, 15) is 0 Å². The second-order valence-electron chi connectivity index (χ2n) is 7.19. The van der Waals surface area contributed by atoms with Gasteiger partial charge < -0.3 is 19.5 Å². The summed E-state index contributed by atoms with van der Waals surface area (Å²) in [7, 11) is 3.93. The van der Waals surface area contributed by atoms with Crippen molar-refractivity contribution in [3.63, 3.8) is 0 Å². The third kappa shape index (κ3) is 3.72. The molecule has 2 aliphatic rings. The van der Waals surface area contributed by atoms with E-state index in [1.165, 1.54) is 0 Å². The highest BCUT2D eigenvalue weighted by Gasteiger charge is 2.34. The molecular weight excluding hydrogens is 330 g/mol. The number of H-pyrrole nitrogens is 1. The number of likely N-dealkylation sites (tertiary alicyclic amines) is 1. The lowest BCUT2D eigenvalue weighted by molar-refractivity contribution is 0.107. The van der Waals surface area contributed by atoms with Crippen LogP contribution < -0.4 is 4.90 Å². The average molecular weight is 357 g/mol. The number of hydrogen-bond acceptors (Lipinski definition) is 7. The van der Waals surface area contributed by atoms with Crippen molar-refractivity contribution in [1.82, 2.24) is 29.7 Å². The predicted octanol–water partition coefficient (Wildman–Crippen LogP) is 0.914. The van der Waals surface area contributed by atoms with Gasteiger partial charge in [-0.25, -0.2) is 15.0 Å². The zero-order chi connectivity index (χ0) is 17.9. The van der Waals surface area contributed by atoms with Crippen molar-refractivity contribution in [3.8, 4) is 0 Å². The fourth-order valence-corrected chi connectivity index (χ4v) is 3.79. The molecule has 2 aromatic heterocycles. The molecule has 4 rings (SSSR count). The van der Waals surface area contributed by atoms with E-state index < -0.39 is 0 Å². The first kappa shape index (κ1) is 17.4. The summed E-state index contributed by atoms with van der Waals surface area (Å²) >= 11 is 0. The van der Waals surface area contributed by atoms with Crippen molar-refractivity contribution in [2.45, 2.75) is 25.1 Å². The van der Waals surface area contributed by atoms with Gasteiger partial charge in [0.15, 0.2) is 0 Å². The van der Waals surface area contributed by atoms with Crippen molar-refractivity contribution in [1.29, 1.82) is 0 Å². The van der Waals surface area contributed by atoms with Crippen LogP contribution in [0.3, 0.4) is 0 Å². The number of aromatic amines is 1. The highest BCUT2D eigenvalue weighted by molar-refractivity contribution is 5.30. The molecule has 0 saturated carbocycles. The van der Waals surface area contributed by atoms with E-state index in [-0.39, 0.29) is 12.1 Å². The van der Waals surface area contributed by atoms with Gasteiger partial charge in [0.1, 0.15) is 5.82 Å². The summed E-state index contributed by atoms with van der Waals surface area (Å²) in [5, 5.41) is 0. The van der Waals surface area contributed by atoms with Crippen molar-refractivity contribution < 1.29 is 4.74 Å². The van der Waals surface area contributed by atoms with Crippen LogP contribution >= 0.6 is 0 Å². The Morgan fingerprint density at radius 1 is 1.15 bits per heavy atom. The predicted molar refractivity (Wildman–Crippen MR) is 98.9 cm³/mol. The smallest absolute Gasteiger partial charge is 0.225 e. The van der Waals surface area contributed by atoms with E-state index in [1.54, 1.807) is 7.11 Å². The molecule has 1 unspecified atom stereocenters. The molecule has 8 heteroatoms. The first-order chi connectivity index (χ1) is 12.7. The molecule has 1 N–H and O–H groups in total. The van der Waals surface area contributed by atoms with Crippen LogP contribution in [0.5, 0.6) is 0 Å². The molecule has 0 amide bonds. The second kappa shape index (κ2) is 7.69. The van der Waals surface area contributed by atoms with Crippen LogP contribution in [0.4, 0.5) is 5.95 Å². The largest absolute Gasteiger partial charge is 0.380 e. The average Bonchev–Trinajstić information content (AvgIpc) is 3.32. The maximum absolute atomic E-state index is 5.59. The standard InChI is InChI=1S/C18H27N7O/c1-23-5-7-24(8-6-23)18-21-10-14(11-22-18)12-25-13-15(26-2)9-16(25)17-19-3-4-20-17/h3-4,10-11,15-16H,5-9,12-13H2,1-2H3,(H,19,20)/t15-,16?/m1/s1. The highest BCUT2D eigenvalue weighted by Crippen LogP contribution is 2.32. The summed E-state index contributed by atoms with van der Waals surface area (Å²) in [4.78, 5) is 23.9. The van der Waals surface area contributed by atoms with Crippen LogP contribution in [0.25, 0.3) is 0 Å². The number of ether oxygens (including phenoxy) is 1. The molecule has 2 atom stereocenters. The normalized spacial score (nSPS) is 25.1. The molecule has 0 aliphatic carbocycles. The molecule has 0 radical (unpaired) electrons. The molecule has 0 bridgehead atoms. The number of aromatic nitrogens is 4. The number of nitrogens with zero attached hydrogens (tertiary/aromatic N) is 6. The topological polar surface area (TPSA) is 73.4 Å². The van der Waals surface area contributed by atoms with Crippen LogP contribution in [0.1, 0.15) is 23.9 Å². The number of piperazine rings is 1. The molecule has 4 heterocycles. The first-order valence-electron chi connectivity index (χ1n) is 9.23. The van der Waals surface area contributed by atoms with E-state index in [2.05, 4.69) is 41.7 Å². The Morgan fingerprint density at radius 2 is 1.92 bits per heavy atom. The van der Waals surface area contributed by atoms with E-state index in [1.807, 2.05) is 24.8 Å². The van der Waals surface area contributed by atoms with Gasteiger partial charge in [0.05, 0.1) is 12.1 Å². The Kier molecular flexibility index (Phi) is 5.14. The van der Waals surface area contributed by atoms with E-state index >= 15 is 0 Å². The number of nitrogens with one attached hydrogen (secondary N) is 1. The first-order valence-corrected chi connectivity index (χ1v) is 9.23. The molecule has 8 nitrogen and oxygen atoms in total. The van der Waals surface area contributed by atoms with E-state index in [0.29, 0.717) is 0 Å². The Labute approximate surface area is 154 Å². The van der Waals surface area contributed by atoms with Gasteiger partial charge in [0.25, 0.3) is 0 Å². The summed E-state index contributed by atoms with van der Waals surface area (Å²) in [6, 6.07) is 0.243. The zero-order valence-corrected chi connectivity index (χ0v) is 15.5. The number of imidazole rings is 1. The number of rotatable bonds is 5. The molecule has 140 valence electrons. The van der Waals surface area contributed by atoms with Gasteiger partial charge in [-0.3, -0.25) is 4.90 Å². The molecule has 2 fully saturated rings. The summed E-state index contributed by atoms with van der Waals surface area (Å²) < 4.78 is 5.59. The van der Waals surface area contributed by atoms with Gasteiger partial charge in [-0.15, -0.1) is 0 Å². The number of likely N-dealkylation sites (N-methyl/N-ethyl adjacent to an activating group) is 1. The lowest BCUT2D eigenvalue weighted by Crippen LogP contribution is -2.45. The van der Waals surface area contributed by atoms with Crippen molar-refractivity contribution in [3.05, 3.63) is 36.2 Å². The summed E-state index contributed by atoms with van der Waals surface area (Å²) in [6.45, 7) is 5.77. The fraction of sp³-hybridized carbons (Fsp3) is 0.611. The van der Waals surface area contributed by atoms with Crippen LogP contribution in [0, 0.1) is 0 Å². The van der Waals surface area contributed by atoms with Crippen LogP contribution in [-0.2, 0) is 11.3 Å². The summed E-state index contributed by atoms with van der Waals surface area (Å²) in [6.07, 6.45) is 8.78. The zero-order valence-electron chi connectivity index (χ0n) is 15.5. The van der Waals surface area contributed by atoms with E-state index in [0.717, 1.165) is 63.0 Å². The number of anilines is 1. The second-order valence-corrected chi connectivity index (χ2v) is 7.19. The lowest BCUT2D eigenvalue weighted by atomic mass is 10.2. The van der Waals surface area contributed by atoms with Crippen LogP contribution in [0.15, 0.2) is 24.8 Å². The Hall–Kier alpha value is -2.03. The van der Waals surface area contributed by atoms with Gasteiger partial charge >= 0.3 is 0 Å². The molecule has 26 heavy (non-hydrogen) atoms. The van der Waals surface area contributed by atoms with E-state index in [4.69, 9.17) is 4.74 Å². The quantitative estimate of drug-likeness (QED) is 0.853. The van der Waals surface area contributed by atoms with Crippen molar-refractivity contribution in [2.24, 2.45) is 0 Å². The Bertz CT molecular complexity index is 682. The van der Waals surface area contributed by atoms with Gasteiger partial charge in [0.2, 0.25) is 5.95 Å². The SMILES string of the molecule is CO[C@@H]1CC(c2ncc[nH]2)N(Cc2cnc(N3CCN(C)CC3)nc2)C1. The maximum atomic E-state index is 5.59. The Balaban J connectivity index is 1.42. The minimum Gasteiger partial charge on any atom is -0.380 e. The van der Waals surface area contributed by atoms with Gasteiger partial charge in [-0.2, -0.15) is 0 Å². The molecular formula is C18H27N7O. The maximum Gasteiger partial charge on any atom is 0.225 e. The third-order valence-corrected chi connectivity index (χ3v) is 5.40. The lowest BCUT2D eigenvalue weighted by Gasteiger charge is -2.32. The number of hydrogen-bond donors (Lipinski definition) is 1. The van der Waals surface area contributed by atoms with Crippen molar-refractivity contribution in [2.75, 3.05) is 51.8 Å². The molecule has 2 saturated heterocycles.